The van der Waals surface area contributed by atoms with Crippen molar-refractivity contribution in [2.75, 3.05) is 0 Å². The topological polar surface area (TPSA) is 0 Å². The first-order chi connectivity index (χ1) is 7.81. The van der Waals surface area contributed by atoms with Crippen LogP contribution in [0.4, 0.5) is 0 Å². The second-order valence-corrected chi connectivity index (χ2v) is 5.56. The first-order valence-electron chi connectivity index (χ1n) is 6.59. The highest BCUT2D eigenvalue weighted by atomic mass is 14.3. The first-order valence-corrected chi connectivity index (χ1v) is 6.59. The van der Waals surface area contributed by atoms with E-state index in [0.717, 1.165) is 11.8 Å². The molecule has 3 rings (SSSR count). The maximum atomic E-state index is 2.56. The fourth-order valence-electron chi connectivity index (χ4n) is 3.39. The van der Waals surface area contributed by atoms with Gasteiger partial charge in [-0.05, 0) is 49.2 Å². The summed E-state index contributed by atoms with van der Waals surface area (Å²) in [6.45, 7) is 2.19. The van der Waals surface area contributed by atoms with E-state index in [9.17, 15) is 0 Å². The van der Waals surface area contributed by atoms with Gasteiger partial charge in [-0.2, -0.15) is 0 Å². The predicted octanol–water partition coefficient (Wildman–Crippen LogP) is 4.59. The van der Waals surface area contributed by atoms with E-state index in [1.54, 1.807) is 5.57 Å². The van der Waals surface area contributed by atoms with E-state index in [1.807, 2.05) is 0 Å². The molecular weight excluding hydrogens is 192 g/mol. The van der Waals surface area contributed by atoms with E-state index >= 15 is 0 Å². The number of aryl methyl sites for hydroxylation is 1. The van der Waals surface area contributed by atoms with Gasteiger partial charge in [0.15, 0.2) is 0 Å². The SMILES string of the molecule is Cc1cccc(C2=CC3CCCC(C2)C3)c1. The second kappa shape index (κ2) is 4.08. The largest absolute Gasteiger partial charge is 0.0776 e. The zero-order valence-corrected chi connectivity index (χ0v) is 10.1. The molecule has 1 aromatic rings. The van der Waals surface area contributed by atoms with E-state index in [4.69, 9.17) is 0 Å². The van der Waals surface area contributed by atoms with Crippen molar-refractivity contribution in [3.8, 4) is 0 Å². The van der Waals surface area contributed by atoms with Crippen LogP contribution in [0.25, 0.3) is 5.57 Å². The van der Waals surface area contributed by atoms with E-state index < -0.39 is 0 Å². The highest BCUT2D eigenvalue weighted by Gasteiger charge is 2.26. The summed E-state index contributed by atoms with van der Waals surface area (Å²) < 4.78 is 0. The summed E-state index contributed by atoms with van der Waals surface area (Å²) in [4.78, 5) is 0. The van der Waals surface area contributed by atoms with E-state index in [2.05, 4.69) is 37.3 Å². The van der Waals surface area contributed by atoms with Crippen molar-refractivity contribution in [2.24, 2.45) is 11.8 Å². The molecule has 0 N–H and O–H groups in total. The van der Waals surface area contributed by atoms with Crippen LogP contribution in [0, 0.1) is 18.8 Å². The van der Waals surface area contributed by atoms with Crippen molar-refractivity contribution < 1.29 is 0 Å². The Kier molecular flexibility index (Phi) is 2.59. The molecule has 1 aromatic carbocycles. The van der Waals surface area contributed by atoms with Gasteiger partial charge in [-0.3, -0.25) is 0 Å². The number of fused-ring (bicyclic) bond motifs is 2. The minimum atomic E-state index is 0.878. The maximum absolute atomic E-state index is 2.56. The molecule has 2 aliphatic carbocycles. The third-order valence-electron chi connectivity index (χ3n) is 4.16. The van der Waals surface area contributed by atoms with Gasteiger partial charge in [-0.1, -0.05) is 48.7 Å². The molecule has 0 heterocycles. The lowest BCUT2D eigenvalue weighted by molar-refractivity contribution is 0.297. The van der Waals surface area contributed by atoms with Crippen LogP contribution in [-0.4, -0.2) is 0 Å². The molecule has 0 aromatic heterocycles. The van der Waals surface area contributed by atoms with Crippen LogP contribution in [0.15, 0.2) is 30.3 Å². The Bertz CT molecular complexity index is 414. The van der Waals surface area contributed by atoms with Gasteiger partial charge in [0, 0.05) is 0 Å². The van der Waals surface area contributed by atoms with Crippen molar-refractivity contribution in [1.82, 2.24) is 0 Å². The number of hydrogen-bond acceptors (Lipinski definition) is 0. The summed E-state index contributed by atoms with van der Waals surface area (Å²) in [7, 11) is 0. The van der Waals surface area contributed by atoms with Crippen molar-refractivity contribution in [3.63, 3.8) is 0 Å². The molecule has 2 unspecified atom stereocenters. The molecule has 2 aliphatic rings. The van der Waals surface area contributed by atoms with Gasteiger partial charge < -0.3 is 0 Å². The zero-order valence-electron chi connectivity index (χ0n) is 10.1. The van der Waals surface area contributed by atoms with Gasteiger partial charge in [0.2, 0.25) is 0 Å². The lowest BCUT2D eigenvalue weighted by Crippen LogP contribution is -2.19. The number of hydrogen-bond donors (Lipinski definition) is 0. The average molecular weight is 212 g/mol. The molecule has 84 valence electrons. The highest BCUT2D eigenvalue weighted by Crippen LogP contribution is 2.41. The highest BCUT2D eigenvalue weighted by molar-refractivity contribution is 5.67. The molecule has 1 fully saturated rings. The van der Waals surface area contributed by atoms with Gasteiger partial charge in [0.05, 0.1) is 0 Å². The molecule has 0 saturated heterocycles. The maximum Gasteiger partial charge on any atom is -0.0225 e. The molecule has 16 heavy (non-hydrogen) atoms. The fraction of sp³-hybridized carbons (Fsp3) is 0.500. The Labute approximate surface area is 98.4 Å². The quantitative estimate of drug-likeness (QED) is 0.638. The van der Waals surface area contributed by atoms with Crippen molar-refractivity contribution in [2.45, 2.75) is 39.0 Å². The normalized spacial score (nSPS) is 28.7. The lowest BCUT2D eigenvalue weighted by Gasteiger charge is -2.33. The molecule has 0 nitrogen and oxygen atoms in total. The standard InChI is InChI=1S/C16H20/c1-12-4-2-7-15(8-12)16-10-13-5-3-6-14(9-13)11-16/h2,4,7-8,10,13-14H,3,5-6,9,11H2,1H3. The molecule has 0 amide bonds. The number of rotatable bonds is 1. The monoisotopic (exact) mass is 212 g/mol. The van der Waals surface area contributed by atoms with Crippen molar-refractivity contribution >= 4 is 5.57 Å². The summed E-state index contributed by atoms with van der Waals surface area (Å²) in [5, 5.41) is 0. The Morgan fingerprint density at radius 1 is 1.19 bits per heavy atom. The van der Waals surface area contributed by atoms with Crippen LogP contribution < -0.4 is 0 Å². The van der Waals surface area contributed by atoms with Gasteiger partial charge in [-0.25, -0.2) is 0 Å². The molecule has 2 bridgehead atoms. The molecular formula is C16H20. The van der Waals surface area contributed by atoms with E-state index in [-0.39, 0.29) is 0 Å². The van der Waals surface area contributed by atoms with E-state index in [0.29, 0.717) is 0 Å². The molecule has 1 saturated carbocycles. The molecule has 0 spiro atoms. The van der Waals surface area contributed by atoms with Gasteiger partial charge in [-0.15, -0.1) is 0 Å². The summed E-state index contributed by atoms with van der Waals surface area (Å²) in [6.07, 6.45) is 9.66. The lowest BCUT2D eigenvalue weighted by atomic mass is 9.72. The first kappa shape index (κ1) is 10.1. The minimum Gasteiger partial charge on any atom is -0.0776 e. The Balaban J connectivity index is 1.92. The summed E-state index contributed by atoms with van der Waals surface area (Å²) in [6, 6.07) is 9.00. The smallest absolute Gasteiger partial charge is 0.0225 e. The second-order valence-electron chi connectivity index (χ2n) is 5.56. The molecule has 2 atom stereocenters. The summed E-state index contributed by atoms with van der Waals surface area (Å²) in [5.74, 6) is 1.85. The summed E-state index contributed by atoms with van der Waals surface area (Å²) in [5.41, 5.74) is 4.47. The van der Waals surface area contributed by atoms with Crippen LogP contribution in [0.3, 0.4) is 0 Å². The van der Waals surface area contributed by atoms with Gasteiger partial charge in [0.25, 0.3) is 0 Å². The molecule has 0 heteroatoms. The Morgan fingerprint density at radius 2 is 2.12 bits per heavy atom. The van der Waals surface area contributed by atoms with Gasteiger partial charge in [0.1, 0.15) is 0 Å². The van der Waals surface area contributed by atoms with Crippen LogP contribution in [-0.2, 0) is 0 Å². The zero-order chi connectivity index (χ0) is 11.0. The number of allylic oxidation sites excluding steroid dienone is 2. The van der Waals surface area contributed by atoms with Crippen LogP contribution in [0.1, 0.15) is 43.2 Å². The summed E-state index contributed by atoms with van der Waals surface area (Å²) >= 11 is 0. The molecule has 0 radical (unpaired) electrons. The number of benzene rings is 1. The average Bonchev–Trinajstić information content (AvgIpc) is 2.28. The van der Waals surface area contributed by atoms with E-state index in [1.165, 1.54) is 43.2 Å². The molecule has 0 aliphatic heterocycles. The third-order valence-corrected chi connectivity index (χ3v) is 4.16. The van der Waals surface area contributed by atoms with Crippen molar-refractivity contribution in [3.05, 3.63) is 41.5 Å². The third kappa shape index (κ3) is 1.93. The van der Waals surface area contributed by atoms with Crippen LogP contribution in [0.5, 0.6) is 0 Å². The van der Waals surface area contributed by atoms with Crippen LogP contribution >= 0.6 is 0 Å². The van der Waals surface area contributed by atoms with Crippen LogP contribution in [0.2, 0.25) is 0 Å². The Morgan fingerprint density at radius 3 is 2.94 bits per heavy atom. The fourth-order valence-corrected chi connectivity index (χ4v) is 3.39. The van der Waals surface area contributed by atoms with Gasteiger partial charge >= 0.3 is 0 Å². The minimum absolute atomic E-state index is 0.878. The predicted molar refractivity (Wildman–Crippen MR) is 69.2 cm³/mol. The Hall–Kier alpha value is -1.04. The van der Waals surface area contributed by atoms with Crippen molar-refractivity contribution in [1.29, 1.82) is 0 Å².